The van der Waals surface area contributed by atoms with Gasteiger partial charge in [0.25, 0.3) is 5.91 Å². The quantitative estimate of drug-likeness (QED) is 0.536. The number of nitrogens with zero attached hydrogens (tertiary/aromatic N) is 3. The van der Waals surface area contributed by atoms with Crippen molar-refractivity contribution < 1.29 is 14.7 Å². The highest BCUT2D eigenvalue weighted by Gasteiger charge is 2.30. The second-order valence-electron chi connectivity index (χ2n) is 7.59. The first-order chi connectivity index (χ1) is 15.4. The number of rotatable bonds is 6. The Morgan fingerprint density at radius 1 is 1.25 bits per heavy atom. The zero-order valence-corrected chi connectivity index (χ0v) is 18.7. The number of carbonyl (C=O) groups excluding carboxylic acids is 2. The number of hydrogen-bond acceptors (Lipinski definition) is 5. The number of fused-ring (bicyclic) bond motifs is 1. The van der Waals surface area contributed by atoms with Crippen LogP contribution in [0.15, 0.2) is 48.7 Å². The molecule has 2 N–H and O–H groups in total. The third-order valence-corrected chi connectivity index (χ3v) is 5.73. The van der Waals surface area contributed by atoms with E-state index in [2.05, 4.69) is 15.3 Å². The van der Waals surface area contributed by atoms with Gasteiger partial charge in [-0.25, -0.2) is 9.97 Å². The highest BCUT2D eigenvalue weighted by Crippen LogP contribution is 2.31. The molecule has 2 heterocycles. The van der Waals surface area contributed by atoms with Crippen LogP contribution in [0.25, 0.3) is 11.3 Å². The predicted octanol–water partition coefficient (Wildman–Crippen LogP) is 3.56. The minimum Gasteiger partial charge on any atom is -0.394 e. The molecule has 0 aliphatic carbocycles. The number of hydrogen-bond donors (Lipinski definition) is 2. The normalized spacial score (nSPS) is 13.8. The lowest BCUT2D eigenvalue weighted by Crippen LogP contribution is -2.40. The van der Waals surface area contributed by atoms with Crippen molar-refractivity contribution in [2.75, 3.05) is 13.2 Å². The molecule has 9 heteroatoms. The van der Waals surface area contributed by atoms with Gasteiger partial charge < -0.3 is 15.3 Å². The molecule has 0 fully saturated rings. The lowest BCUT2D eigenvalue weighted by Gasteiger charge is -2.20. The van der Waals surface area contributed by atoms with Crippen molar-refractivity contribution in [2.45, 2.75) is 19.5 Å². The number of halogens is 2. The van der Waals surface area contributed by atoms with Crippen LogP contribution in [0.3, 0.4) is 0 Å². The summed E-state index contributed by atoms with van der Waals surface area (Å²) in [5.41, 5.74) is 4.20. The van der Waals surface area contributed by atoms with Crippen LogP contribution in [0.1, 0.15) is 33.1 Å². The Balaban J connectivity index is 1.48. The molecule has 2 amide bonds. The van der Waals surface area contributed by atoms with Crippen LogP contribution in [0.5, 0.6) is 0 Å². The number of aliphatic hydroxyl groups is 1. The average molecular weight is 471 g/mol. The Hall–Kier alpha value is -3.00. The molecule has 1 aliphatic rings. The summed E-state index contributed by atoms with van der Waals surface area (Å²) in [6.45, 7) is 1.89. The molecule has 4 rings (SSSR count). The highest BCUT2D eigenvalue weighted by molar-refractivity contribution is 6.33. The third-order valence-electron chi connectivity index (χ3n) is 5.27. The second kappa shape index (κ2) is 9.24. The summed E-state index contributed by atoms with van der Waals surface area (Å²) >= 11 is 12.1. The Morgan fingerprint density at radius 2 is 2.06 bits per heavy atom. The van der Waals surface area contributed by atoms with E-state index in [0.717, 1.165) is 16.7 Å². The van der Waals surface area contributed by atoms with Crippen molar-refractivity contribution >= 4 is 35.0 Å². The predicted molar refractivity (Wildman–Crippen MR) is 121 cm³/mol. The first-order valence-electron chi connectivity index (χ1n) is 9.93. The molecule has 0 spiro atoms. The lowest BCUT2D eigenvalue weighted by molar-refractivity contribution is -0.122. The van der Waals surface area contributed by atoms with E-state index in [1.165, 1.54) is 11.1 Å². The maximum absolute atomic E-state index is 12.9. The molecule has 0 saturated carbocycles. The van der Waals surface area contributed by atoms with Gasteiger partial charge in [-0.05, 0) is 35.7 Å². The molecule has 1 atom stereocenters. The summed E-state index contributed by atoms with van der Waals surface area (Å²) in [5.74, 6) is -0.609. The average Bonchev–Trinajstić information content (AvgIpc) is 3.08. The minimum absolute atomic E-state index is 0.0570. The minimum atomic E-state index is -0.543. The van der Waals surface area contributed by atoms with Gasteiger partial charge >= 0.3 is 0 Å². The van der Waals surface area contributed by atoms with Gasteiger partial charge in [0.15, 0.2) is 0 Å². The zero-order chi connectivity index (χ0) is 22.8. The second-order valence-corrected chi connectivity index (χ2v) is 8.33. The SMILES string of the molecule is Cc1cccc(C(CO)NC(=O)CN2Cc3ccc(-c4nc(Cl)ncc4Cl)cc3C2=O)c1. The van der Waals surface area contributed by atoms with Crippen LogP contribution in [-0.2, 0) is 11.3 Å². The fraction of sp³-hybridized carbons (Fsp3) is 0.217. The molecule has 1 aromatic heterocycles. The zero-order valence-electron chi connectivity index (χ0n) is 17.2. The van der Waals surface area contributed by atoms with Crippen molar-refractivity contribution in [2.24, 2.45) is 0 Å². The van der Waals surface area contributed by atoms with E-state index >= 15 is 0 Å². The van der Waals surface area contributed by atoms with Gasteiger partial charge in [0.2, 0.25) is 11.2 Å². The van der Waals surface area contributed by atoms with Crippen LogP contribution in [-0.4, -0.2) is 44.9 Å². The summed E-state index contributed by atoms with van der Waals surface area (Å²) in [6.07, 6.45) is 1.41. The number of amides is 2. The van der Waals surface area contributed by atoms with E-state index in [0.29, 0.717) is 28.4 Å². The van der Waals surface area contributed by atoms with Crippen molar-refractivity contribution in [3.63, 3.8) is 0 Å². The van der Waals surface area contributed by atoms with Gasteiger partial charge in [0, 0.05) is 17.7 Å². The molecule has 3 aromatic rings. The molecule has 7 nitrogen and oxygen atoms in total. The smallest absolute Gasteiger partial charge is 0.254 e. The highest BCUT2D eigenvalue weighted by atomic mass is 35.5. The Kier molecular flexibility index (Phi) is 6.41. The van der Waals surface area contributed by atoms with Crippen LogP contribution in [0, 0.1) is 6.92 Å². The summed E-state index contributed by atoms with van der Waals surface area (Å²) in [6, 6.07) is 12.3. The van der Waals surface area contributed by atoms with E-state index < -0.39 is 6.04 Å². The van der Waals surface area contributed by atoms with Crippen molar-refractivity contribution in [3.05, 3.63) is 81.2 Å². The van der Waals surface area contributed by atoms with E-state index in [1.807, 2.05) is 37.3 Å². The summed E-state index contributed by atoms with van der Waals surface area (Å²) in [5, 5.41) is 12.9. The molecule has 0 radical (unpaired) electrons. The number of benzene rings is 2. The number of aromatic nitrogens is 2. The topological polar surface area (TPSA) is 95.4 Å². The van der Waals surface area contributed by atoms with Gasteiger partial charge in [0.05, 0.1) is 29.6 Å². The van der Waals surface area contributed by atoms with E-state index in [9.17, 15) is 14.7 Å². The van der Waals surface area contributed by atoms with Crippen LogP contribution in [0.2, 0.25) is 10.3 Å². The maximum atomic E-state index is 12.9. The van der Waals surface area contributed by atoms with E-state index in [1.54, 1.807) is 12.1 Å². The Labute approximate surface area is 195 Å². The van der Waals surface area contributed by atoms with Crippen molar-refractivity contribution in [1.82, 2.24) is 20.2 Å². The number of nitrogens with one attached hydrogen (secondary N) is 1. The summed E-state index contributed by atoms with van der Waals surface area (Å²) in [7, 11) is 0. The fourth-order valence-electron chi connectivity index (χ4n) is 3.72. The summed E-state index contributed by atoms with van der Waals surface area (Å²) < 4.78 is 0. The molecule has 0 bridgehead atoms. The molecule has 164 valence electrons. The summed E-state index contributed by atoms with van der Waals surface area (Å²) in [4.78, 5) is 35.0. The molecule has 2 aromatic carbocycles. The van der Waals surface area contributed by atoms with Gasteiger partial charge in [-0.2, -0.15) is 0 Å². The van der Waals surface area contributed by atoms with E-state index in [-0.39, 0.29) is 30.2 Å². The molecule has 0 saturated heterocycles. The maximum Gasteiger partial charge on any atom is 0.254 e. The van der Waals surface area contributed by atoms with Gasteiger partial charge in [0.1, 0.15) is 6.54 Å². The monoisotopic (exact) mass is 470 g/mol. The fourth-order valence-corrected chi connectivity index (χ4v) is 4.05. The van der Waals surface area contributed by atoms with E-state index in [4.69, 9.17) is 23.2 Å². The first-order valence-corrected chi connectivity index (χ1v) is 10.7. The number of aliphatic hydroxyl groups excluding tert-OH is 1. The van der Waals surface area contributed by atoms with Gasteiger partial charge in [-0.1, -0.05) is 53.6 Å². The van der Waals surface area contributed by atoms with Crippen LogP contribution in [0.4, 0.5) is 0 Å². The van der Waals surface area contributed by atoms with Crippen molar-refractivity contribution in [3.8, 4) is 11.3 Å². The first kappa shape index (κ1) is 22.2. The van der Waals surface area contributed by atoms with Gasteiger partial charge in [-0.3, -0.25) is 9.59 Å². The van der Waals surface area contributed by atoms with Crippen LogP contribution >= 0.6 is 23.2 Å². The van der Waals surface area contributed by atoms with Crippen LogP contribution < -0.4 is 5.32 Å². The molecular weight excluding hydrogens is 451 g/mol. The molecule has 32 heavy (non-hydrogen) atoms. The third kappa shape index (κ3) is 4.60. The largest absolute Gasteiger partial charge is 0.394 e. The standard InChI is InChI=1S/C23H20Cl2N4O3/c1-13-3-2-4-14(7-13)19(12-30)27-20(31)11-29-10-16-6-5-15(8-17(16)22(29)32)21-18(24)9-26-23(25)28-21/h2-9,19,30H,10-12H2,1H3,(H,27,31). The lowest BCUT2D eigenvalue weighted by atomic mass is 10.0. The molecule has 1 aliphatic heterocycles. The van der Waals surface area contributed by atoms with Gasteiger partial charge in [-0.15, -0.1) is 0 Å². The molecule has 1 unspecified atom stereocenters. The van der Waals surface area contributed by atoms with Crippen molar-refractivity contribution in [1.29, 1.82) is 0 Å². The Bertz CT molecular complexity index is 1200. The number of carbonyl (C=O) groups is 2. The number of aryl methyl sites for hydroxylation is 1. The Morgan fingerprint density at radius 3 is 2.81 bits per heavy atom. The molecular formula is C23H20Cl2N4O3.